The largest absolute Gasteiger partial charge is 0.477 e. The number of alkyl halides is 6. The van der Waals surface area contributed by atoms with Crippen molar-refractivity contribution < 1.29 is 45.8 Å². The maximum absolute atomic E-state index is 13.1. The second kappa shape index (κ2) is 5.25. The van der Waals surface area contributed by atoms with E-state index in [-0.39, 0.29) is 0 Å². The van der Waals surface area contributed by atoms with E-state index in [2.05, 4.69) is 6.58 Å². The average molecular weight is 306 g/mol. The molecule has 0 aliphatic carbocycles. The number of aliphatic carboxylic acids is 1. The number of hydrogen-bond donors (Lipinski definition) is 1. The first-order valence-corrected chi connectivity index (χ1v) is 4.78. The zero-order valence-corrected chi connectivity index (χ0v) is 9.85. The molecule has 0 bridgehead atoms. The standard InChI is InChI=1S/C10H8F6O4/c1-4(2)5(17)3-6(18)8(11,12)10(15,16)9(13,14)7(19)20/h1,3H2,2H3,(H,19,20). The fraction of sp³-hybridized carbons (Fsp3) is 0.500. The van der Waals surface area contributed by atoms with Gasteiger partial charge in [-0.1, -0.05) is 6.58 Å². The van der Waals surface area contributed by atoms with Gasteiger partial charge in [-0.3, -0.25) is 9.59 Å². The van der Waals surface area contributed by atoms with Crippen molar-refractivity contribution in [2.75, 3.05) is 0 Å². The molecule has 0 aliphatic heterocycles. The van der Waals surface area contributed by atoms with E-state index >= 15 is 0 Å². The van der Waals surface area contributed by atoms with Gasteiger partial charge < -0.3 is 5.11 Å². The summed E-state index contributed by atoms with van der Waals surface area (Å²) in [5, 5.41) is 7.84. The highest BCUT2D eigenvalue weighted by molar-refractivity contribution is 6.09. The number of rotatable bonds is 7. The van der Waals surface area contributed by atoms with Crippen molar-refractivity contribution in [3.8, 4) is 0 Å². The predicted octanol–water partition coefficient (Wildman–Crippen LogP) is 2.08. The molecule has 10 heteroatoms. The van der Waals surface area contributed by atoms with E-state index in [9.17, 15) is 40.7 Å². The van der Waals surface area contributed by atoms with E-state index in [1.165, 1.54) is 0 Å². The second-order valence-corrected chi connectivity index (χ2v) is 3.83. The normalized spacial score (nSPS) is 12.9. The summed E-state index contributed by atoms with van der Waals surface area (Å²) in [4.78, 5) is 31.7. The monoisotopic (exact) mass is 306 g/mol. The van der Waals surface area contributed by atoms with Crippen LogP contribution in [0.4, 0.5) is 26.3 Å². The molecule has 0 aromatic rings. The molecule has 0 saturated carbocycles. The maximum atomic E-state index is 13.1. The summed E-state index contributed by atoms with van der Waals surface area (Å²) >= 11 is 0. The van der Waals surface area contributed by atoms with Gasteiger partial charge in [-0.25, -0.2) is 4.79 Å². The first kappa shape index (κ1) is 18.1. The van der Waals surface area contributed by atoms with Crippen molar-refractivity contribution in [2.24, 2.45) is 0 Å². The molecule has 0 unspecified atom stereocenters. The predicted molar refractivity (Wildman–Crippen MR) is 51.9 cm³/mol. The van der Waals surface area contributed by atoms with Crippen LogP contribution in [0.2, 0.25) is 0 Å². The zero-order valence-electron chi connectivity index (χ0n) is 9.85. The van der Waals surface area contributed by atoms with Gasteiger partial charge in [-0.2, -0.15) is 26.3 Å². The summed E-state index contributed by atoms with van der Waals surface area (Å²) in [5.41, 5.74) is -0.428. The van der Waals surface area contributed by atoms with E-state index in [4.69, 9.17) is 5.11 Å². The number of hydrogen-bond acceptors (Lipinski definition) is 3. The molecule has 1 N–H and O–H groups in total. The molecular weight excluding hydrogens is 298 g/mol. The minimum Gasteiger partial charge on any atom is -0.477 e. The Morgan fingerprint density at radius 3 is 1.70 bits per heavy atom. The number of Topliss-reactive ketones (excluding diaryl/α,β-unsaturated/α-hetero) is 2. The highest BCUT2D eigenvalue weighted by Gasteiger charge is 2.77. The Balaban J connectivity index is 5.51. The number of carbonyl (C=O) groups excluding carboxylic acids is 2. The molecule has 0 radical (unpaired) electrons. The quantitative estimate of drug-likeness (QED) is 0.444. The van der Waals surface area contributed by atoms with E-state index in [1.54, 1.807) is 0 Å². The fourth-order valence-electron chi connectivity index (χ4n) is 0.914. The Morgan fingerprint density at radius 2 is 1.40 bits per heavy atom. The summed E-state index contributed by atoms with van der Waals surface area (Å²) in [5.74, 6) is -26.4. The molecule has 114 valence electrons. The van der Waals surface area contributed by atoms with Crippen molar-refractivity contribution in [3.63, 3.8) is 0 Å². The Labute approximate surface area is 108 Å². The van der Waals surface area contributed by atoms with Crippen molar-refractivity contribution >= 4 is 17.5 Å². The van der Waals surface area contributed by atoms with Crippen LogP contribution in [0.5, 0.6) is 0 Å². The zero-order chi connectivity index (χ0) is 16.5. The van der Waals surface area contributed by atoms with Gasteiger partial charge in [0.15, 0.2) is 5.78 Å². The van der Waals surface area contributed by atoms with Crippen LogP contribution in [0.25, 0.3) is 0 Å². The van der Waals surface area contributed by atoms with Gasteiger partial charge in [0, 0.05) is 0 Å². The maximum Gasteiger partial charge on any atom is 0.411 e. The minimum absolute atomic E-state index is 0.428. The van der Waals surface area contributed by atoms with E-state index in [0.717, 1.165) is 6.92 Å². The van der Waals surface area contributed by atoms with Crippen LogP contribution in [0.1, 0.15) is 13.3 Å². The molecule has 0 amide bonds. The molecular formula is C10H8F6O4. The molecule has 0 aromatic carbocycles. The SMILES string of the molecule is C=C(C)C(=O)CC(=O)C(F)(F)C(F)(F)C(F)(F)C(=O)O. The van der Waals surface area contributed by atoms with Crippen molar-refractivity contribution in [1.29, 1.82) is 0 Å². The molecule has 0 spiro atoms. The lowest BCUT2D eigenvalue weighted by Crippen LogP contribution is -2.61. The van der Waals surface area contributed by atoms with E-state index in [1.807, 2.05) is 0 Å². The van der Waals surface area contributed by atoms with Crippen molar-refractivity contribution in [2.45, 2.75) is 31.1 Å². The van der Waals surface area contributed by atoms with Crippen LogP contribution < -0.4 is 0 Å². The molecule has 20 heavy (non-hydrogen) atoms. The Kier molecular flexibility index (Phi) is 4.76. The average Bonchev–Trinajstić information content (AvgIpc) is 2.27. The van der Waals surface area contributed by atoms with E-state index in [0.29, 0.717) is 0 Å². The fourth-order valence-corrected chi connectivity index (χ4v) is 0.914. The number of carboxylic acid groups (broad SMARTS) is 1. The highest BCUT2D eigenvalue weighted by Crippen LogP contribution is 2.46. The number of carboxylic acids is 1. The molecule has 4 nitrogen and oxygen atoms in total. The summed E-state index contributed by atoms with van der Waals surface area (Å²) < 4.78 is 77.1. The van der Waals surface area contributed by atoms with Crippen LogP contribution >= 0.6 is 0 Å². The molecule has 0 aromatic heterocycles. The molecule has 0 fully saturated rings. The van der Waals surface area contributed by atoms with Gasteiger partial charge in [0.25, 0.3) is 0 Å². The second-order valence-electron chi connectivity index (χ2n) is 3.83. The molecule has 0 rings (SSSR count). The van der Waals surface area contributed by atoms with Crippen molar-refractivity contribution in [3.05, 3.63) is 12.2 Å². The lowest BCUT2D eigenvalue weighted by atomic mass is 9.96. The van der Waals surface area contributed by atoms with Crippen molar-refractivity contribution in [1.82, 2.24) is 0 Å². The van der Waals surface area contributed by atoms with Gasteiger partial charge in [0.05, 0.1) is 6.42 Å². The Morgan fingerprint density at radius 1 is 1.00 bits per heavy atom. The Hall–Kier alpha value is -1.87. The Bertz CT molecular complexity index is 468. The molecule has 0 saturated heterocycles. The lowest BCUT2D eigenvalue weighted by molar-refractivity contribution is -0.292. The molecule has 0 atom stereocenters. The minimum atomic E-state index is -6.49. The van der Waals surface area contributed by atoms with Crippen LogP contribution in [0.15, 0.2) is 12.2 Å². The van der Waals surface area contributed by atoms with E-state index < -0.39 is 47.3 Å². The molecule has 0 aliphatic rings. The third-order valence-corrected chi connectivity index (χ3v) is 2.20. The van der Waals surface area contributed by atoms with Crippen LogP contribution in [-0.2, 0) is 14.4 Å². The summed E-state index contributed by atoms with van der Waals surface area (Å²) in [6.45, 7) is 3.94. The van der Waals surface area contributed by atoms with Crippen LogP contribution in [0, 0.1) is 0 Å². The van der Waals surface area contributed by atoms with Gasteiger partial charge in [-0.05, 0) is 12.5 Å². The first-order valence-electron chi connectivity index (χ1n) is 4.78. The number of allylic oxidation sites excluding steroid dienone is 1. The number of carbonyl (C=O) groups is 3. The number of halogens is 6. The van der Waals surface area contributed by atoms with Crippen LogP contribution in [0.3, 0.4) is 0 Å². The topological polar surface area (TPSA) is 71.4 Å². The van der Waals surface area contributed by atoms with Gasteiger partial charge in [-0.15, -0.1) is 0 Å². The highest BCUT2D eigenvalue weighted by atomic mass is 19.3. The number of ketones is 2. The summed E-state index contributed by atoms with van der Waals surface area (Å²) in [7, 11) is 0. The third-order valence-electron chi connectivity index (χ3n) is 2.20. The van der Waals surface area contributed by atoms with Gasteiger partial charge in [0.1, 0.15) is 0 Å². The summed E-state index contributed by atoms with van der Waals surface area (Å²) in [6, 6.07) is 0. The molecule has 0 heterocycles. The smallest absolute Gasteiger partial charge is 0.411 e. The van der Waals surface area contributed by atoms with Gasteiger partial charge in [0.2, 0.25) is 5.78 Å². The third kappa shape index (κ3) is 2.83. The lowest BCUT2D eigenvalue weighted by Gasteiger charge is -2.29. The first-order chi connectivity index (χ1) is 8.69. The summed E-state index contributed by atoms with van der Waals surface area (Å²) in [6.07, 6.45) is -1.80. The van der Waals surface area contributed by atoms with Gasteiger partial charge >= 0.3 is 23.7 Å². The van der Waals surface area contributed by atoms with Crippen LogP contribution in [-0.4, -0.2) is 40.4 Å².